The molecule has 2 heterocycles. The number of hydrogen-bond donors (Lipinski definition) is 0. The topological polar surface area (TPSA) is 45.9 Å². The van der Waals surface area contributed by atoms with Crippen LogP contribution in [0.4, 0.5) is 0 Å². The Morgan fingerprint density at radius 2 is 2.26 bits per heavy atom. The molecule has 1 aromatic heterocycles. The summed E-state index contributed by atoms with van der Waals surface area (Å²) in [4.78, 5) is 4.67. The Hall–Kier alpha value is -1.86. The van der Waals surface area contributed by atoms with Crippen molar-refractivity contribution in [2.24, 2.45) is 0 Å². The fraction of sp³-hybridized carbons (Fsp3) is 0.333. The lowest BCUT2D eigenvalue weighted by Gasteiger charge is -2.02. The molecule has 0 N–H and O–H groups in total. The van der Waals surface area contributed by atoms with Gasteiger partial charge in [0.15, 0.2) is 0 Å². The number of benzene rings is 1. The SMILES string of the molecule is N#CC1(c2csc(-c3ccc4c(c3)CCO4)n2)CC1. The van der Waals surface area contributed by atoms with Gasteiger partial charge in [0, 0.05) is 17.4 Å². The Labute approximate surface area is 115 Å². The summed E-state index contributed by atoms with van der Waals surface area (Å²) in [5.41, 5.74) is 3.06. The molecule has 2 aromatic rings. The first kappa shape index (κ1) is 11.0. The van der Waals surface area contributed by atoms with E-state index in [4.69, 9.17) is 4.74 Å². The first-order chi connectivity index (χ1) is 9.31. The van der Waals surface area contributed by atoms with Crippen LogP contribution in [0.1, 0.15) is 24.1 Å². The maximum atomic E-state index is 9.21. The Morgan fingerprint density at radius 3 is 3.05 bits per heavy atom. The van der Waals surface area contributed by atoms with Gasteiger partial charge in [0.25, 0.3) is 0 Å². The van der Waals surface area contributed by atoms with Crippen molar-refractivity contribution in [3.05, 3.63) is 34.8 Å². The van der Waals surface area contributed by atoms with Crippen molar-refractivity contribution in [2.45, 2.75) is 24.7 Å². The standard InChI is InChI=1S/C15H12N2OS/c16-9-15(4-5-15)13-8-19-14(17-13)11-1-2-12-10(7-11)3-6-18-12/h1-2,7-8H,3-6H2. The van der Waals surface area contributed by atoms with E-state index in [1.807, 2.05) is 11.4 Å². The summed E-state index contributed by atoms with van der Waals surface area (Å²) in [5.74, 6) is 0.996. The fourth-order valence-electron chi connectivity index (χ4n) is 2.50. The first-order valence-electron chi connectivity index (χ1n) is 6.44. The Kier molecular flexibility index (Phi) is 2.21. The van der Waals surface area contributed by atoms with Crippen molar-refractivity contribution >= 4 is 11.3 Å². The van der Waals surface area contributed by atoms with Gasteiger partial charge in [-0.25, -0.2) is 4.98 Å². The van der Waals surface area contributed by atoms with Gasteiger partial charge in [-0.1, -0.05) is 0 Å². The molecule has 0 atom stereocenters. The molecular weight excluding hydrogens is 256 g/mol. The van der Waals surface area contributed by atoms with E-state index in [-0.39, 0.29) is 5.41 Å². The van der Waals surface area contributed by atoms with Crippen molar-refractivity contribution in [3.63, 3.8) is 0 Å². The molecule has 94 valence electrons. The van der Waals surface area contributed by atoms with E-state index in [9.17, 15) is 5.26 Å². The molecule has 2 aliphatic rings. The zero-order chi connectivity index (χ0) is 12.9. The van der Waals surface area contributed by atoms with E-state index in [0.717, 1.165) is 47.9 Å². The molecule has 3 nitrogen and oxygen atoms in total. The summed E-state index contributed by atoms with van der Waals surface area (Å²) in [6.07, 6.45) is 2.87. The summed E-state index contributed by atoms with van der Waals surface area (Å²) < 4.78 is 5.52. The predicted octanol–water partition coefficient (Wildman–Crippen LogP) is 3.30. The third-order valence-corrected chi connectivity index (χ3v) is 4.79. The zero-order valence-corrected chi connectivity index (χ0v) is 11.2. The summed E-state index contributed by atoms with van der Waals surface area (Å²) in [7, 11) is 0. The van der Waals surface area contributed by atoms with Crippen LogP contribution < -0.4 is 4.74 Å². The van der Waals surface area contributed by atoms with Crippen LogP contribution in [-0.4, -0.2) is 11.6 Å². The molecule has 19 heavy (non-hydrogen) atoms. The smallest absolute Gasteiger partial charge is 0.123 e. The van der Waals surface area contributed by atoms with Crippen molar-refractivity contribution in [1.29, 1.82) is 5.26 Å². The van der Waals surface area contributed by atoms with Crippen LogP contribution in [0.3, 0.4) is 0 Å². The minimum Gasteiger partial charge on any atom is -0.493 e. The fourth-order valence-corrected chi connectivity index (χ4v) is 3.41. The lowest BCUT2D eigenvalue weighted by molar-refractivity contribution is 0.357. The quantitative estimate of drug-likeness (QED) is 0.839. The molecule has 0 saturated heterocycles. The van der Waals surface area contributed by atoms with Gasteiger partial charge in [-0.15, -0.1) is 11.3 Å². The van der Waals surface area contributed by atoms with Gasteiger partial charge in [-0.3, -0.25) is 0 Å². The number of ether oxygens (including phenoxy) is 1. The molecule has 4 rings (SSSR count). The molecule has 0 spiro atoms. The molecular formula is C15H12N2OS. The van der Waals surface area contributed by atoms with Gasteiger partial charge < -0.3 is 4.74 Å². The minimum atomic E-state index is -0.283. The highest BCUT2D eigenvalue weighted by Gasteiger charge is 2.47. The highest BCUT2D eigenvalue weighted by molar-refractivity contribution is 7.13. The van der Waals surface area contributed by atoms with E-state index in [1.54, 1.807) is 11.3 Å². The average Bonchev–Trinajstić information content (AvgIpc) is 2.90. The number of aromatic nitrogens is 1. The van der Waals surface area contributed by atoms with Crippen LogP contribution >= 0.6 is 11.3 Å². The first-order valence-corrected chi connectivity index (χ1v) is 7.32. The molecule has 1 saturated carbocycles. The third kappa shape index (κ3) is 1.66. The molecule has 1 aromatic carbocycles. The second kappa shape index (κ2) is 3.82. The number of thiazole rings is 1. The van der Waals surface area contributed by atoms with E-state index >= 15 is 0 Å². The summed E-state index contributed by atoms with van der Waals surface area (Å²) >= 11 is 1.63. The van der Waals surface area contributed by atoms with E-state index in [1.165, 1.54) is 5.56 Å². The van der Waals surface area contributed by atoms with Crippen molar-refractivity contribution in [1.82, 2.24) is 4.98 Å². The van der Waals surface area contributed by atoms with E-state index in [0.29, 0.717) is 0 Å². The number of nitriles is 1. The van der Waals surface area contributed by atoms with E-state index in [2.05, 4.69) is 23.2 Å². The number of nitrogens with zero attached hydrogens (tertiary/aromatic N) is 2. The number of hydrogen-bond acceptors (Lipinski definition) is 4. The van der Waals surface area contributed by atoms with Gasteiger partial charge in [0.05, 0.1) is 18.4 Å². The van der Waals surface area contributed by atoms with Gasteiger partial charge in [-0.2, -0.15) is 5.26 Å². The highest BCUT2D eigenvalue weighted by atomic mass is 32.1. The maximum Gasteiger partial charge on any atom is 0.123 e. The van der Waals surface area contributed by atoms with Gasteiger partial charge in [0.1, 0.15) is 16.2 Å². The second-order valence-corrected chi connectivity index (χ2v) is 6.01. The molecule has 1 aliphatic carbocycles. The molecule has 1 aliphatic heterocycles. The average molecular weight is 268 g/mol. The maximum absolute atomic E-state index is 9.21. The number of fused-ring (bicyclic) bond motifs is 1. The minimum absolute atomic E-state index is 0.283. The Bertz CT molecular complexity index is 694. The Morgan fingerprint density at radius 1 is 1.37 bits per heavy atom. The van der Waals surface area contributed by atoms with Gasteiger partial charge in [-0.05, 0) is 36.6 Å². The molecule has 0 bridgehead atoms. The molecule has 0 amide bonds. The Balaban J connectivity index is 1.72. The number of rotatable bonds is 2. The molecule has 1 fully saturated rings. The highest BCUT2D eigenvalue weighted by Crippen LogP contribution is 2.48. The molecule has 4 heteroatoms. The second-order valence-electron chi connectivity index (χ2n) is 5.15. The van der Waals surface area contributed by atoms with Crippen LogP contribution in [0.2, 0.25) is 0 Å². The van der Waals surface area contributed by atoms with Gasteiger partial charge >= 0.3 is 0 Å². The summed E-state index contributed by atoms with van der Waals surface area (Å²) in [6, 6.07) is 8.64. The van der Waals surface area contributed by atoms with Crippen LogP contribution in [0, 0.1) is 11.3 Å². The largest absolute Gasteiger partial charge is 0.493 e. The lowest BCUT2D eigenvalue weighted by Crippen LogP contribution is -2.02. The van der Waals surface area contributed by atoms with Gasteiger partial charge in [0.2, 0.25) is 0 Å². The summed E-state index contributed by atoms with van der Waals surface area (Å²) in [6.45, 7) is 0.777. The van der Waals surface area contributed by atoms with Crippen LogP contribution in [0.5, 0.6) is 5.75 Å². The molecule has 0 unspecified atom stereocenters. The third-order valence-electron chi connectivity index (χ3n) is 3.89. The predicted molar refractivity (Wildman–Crippen MR) is 73.3 cm³/mol. The van der Waals surface area contributed by atoms with Crippen molar-refractivity contribution in [2.75, 3.05) is 6.61 Å². The zero-order valence-electron chi connectivity index (χ0n) is 10.3. The normalized spacial score (nSPS) is 18.5. The van der Waals surface area contributed by atoms with E-state index < -0.39 is 0 Å². The molecule has 0 radical (unpaired) electrons. The van der Waals surface area contributed by atoms with Crippen LogP contribution in [-0.2, 0) is 11.8 Å². The van der Waals surface area contributed by atoms with Crippen molar-refractivity contribution in [3.8, 4) is 22.4 Å². The lowest BCUT2D eigenvalue weighted by atomic mass is 10.1. The van der Waals surface area contributed by atoms with Crippen LogP contribution in [0.15, 0.2) is 23.6 Å². The monoisotopic (exact) mass is 268 g/mol. The van der Waals surface area contributed by atoms with Crippen molar-refractivity contribution < 1.29 is 4.74 Å². The summed E-state index contributed by atoms with van der Waals surface area (Å²) in [5, 5.41) is 12.3. The van der Waals surface area contributed by atoms with Crippen LogP contribution in [0.25, 0.3) is 10.6 Å².